The van der Waals surface area contributed by atoms with E-state index in [1.54, 1.807) is 12.4 Å². The number of aromatic amines is 1. The van der Waals surface area contributed by atoms with E-state index in [4.69, 9.17) is 10.1 Å². The topological polar surface area (TPSA) is 88.5 Å². The van der Waals surface area contributed by atoms with Crippen LogP contribution in [0.2, 0.25) is 0 Å². The van der Waals surface area contributed by atoms with E-state index in [0.29, 0.717) is 11.4 Å². The molecule has 0 saturated carbocycles. The van der Waals surface area contributed by atoms with Crippen LogP contribution >= 0.6 is 0 Å². The number of H-pyrrole nitrogens is 1. The first-order valence-electron chi connectivity index (χ1n) is 17.3. The maximum Gasteiger partial charge on any atom is 0.287 e. The lowest BCUT2D eigenvalue weighted by molar-refractivity contribution is 0.0930. The molecule has 51 heavy (non-hydrogen) atoms. The number of rotatable bonds is 9. The summed E-state index contributed by atoms with van der Waals surface area (Å²) in [4.78, 5) is 26.1. The zero-order valence-electron chi connectivity index (χ0n) is 28.8. The van der Waals surface area contributed by atoms with Crippen LogP contribution in [0.15, 0.2) is 152 Å². The monoisotopic (exact) mass is 666 g/mol. The minimum atomic E-state index is -0.846. The number of hydrogen-bond acceptors (Lipinski definition) is 4. The number of benzene rings is 5. The summed E-state index contributed by atoms with van der Waals surface area (Å²) < 4.78 is 2.14. The van der Waals surface area contributed by atoms with Crippen molar-refractivity contribution in [3.05, 3.63) is 186 Å². The second kappa shape index (κ2) is 13.2. The van der Waals surface area contributed by atoms with Gasteiger partial charge in [-0.15, -0.1) is 0 Å². The van der Waals surface area contributed by atoms with E-state index in [9.17, 15) is 4.79 Å². The van der Waals surface area contributed by atoms with Gasteiger partial charge in [-0.05, 0) is 64.9 Å². The minimum Gasteiger partial charge on any atom is -0.343 e. The molecule has 0 saturated heterocycles. The number of amides is 1. The Bertz CT molecular complexity index is 2360. The summed E-state index contributed by atoms with van der Waals surface area (Å²) in [6.45, 7) is 6.34. The molecule has 2 N–H and O–H groups in total. The Morgan fingerprint density at radius 3 is 1.88 bits per heavy atom. The average molecular weight is 667 g/mol. The minimum absolute atomic E-state index is 0.196. The molecule has 0 aliphatic carbocycles. The van der Waals surface area contributed by atoms with Crippen LogP contribution in [0.3, 0.4) is 0 Å². The molecule has 0 aliphatic rings. The largest absolute Gasteiger partial charge is 0.343 e. The maximum atomic E-state index is 13.7. The first kappa shape index (κ1) is 31.9. The predicted molar refractivity (Wildman–Crippen MR) is 204 cm³/mol. The molecular weight excluding hydrogens is 629 g/mol. The van der Waals surface area contributed by atoms with Crippen LogP contribution in [0.5, 0.6) is 0 Å². The summed E-state index contributed by atoms with van der Waals surface area (Å²) in [6.07, 6.45) is 3.57. The first-order chi connectivity index (χ1) is 24.9. The van der Waals surface area contributed by atoms with Crippen LogP contribution in [0, 0.1) is 0 Å². The third-order valence-corrected chi connectivity index (χ3v) is 9.77. The van der Waals surface area contributed by atoms with Crippen molar-refractivity contribution in [1.29, 1.82) is 0 Å². The molecule has 1 amide bonds. The highest BCUT2D eigenvalue weighted by Gasteiger charge is 2.41. The van der Waals surface area contributed by atoms with Gasteiger partial charge < -0.3 is 10.3 Å². The fourth-order valence-electron chi connectivity index (χ4n) is 7.14. The fourth-order valence-corrected chi connectivity index (χ4v) is 7.14. The maximum absolute atomic E-state index is 13.7. The summed E-state index contributed by atoms with van der Waals surface area (Å²) >= 11 is 0. The lowest BCUT2D eigenvalue weighted by Gasteiger charge is -2.37. The number of fused-ring (bicyclic) bond motifs is 2. The molecular formula is C44H38N6O. The van der Waals surface area contributed by atoms with E-state index in [-0.39, 0.29) is 17.8 Å². The van der Waals surface area contributed by atoms with E-state index >= 15 is 0 Å². The number of pyridine rings is 1. The third-order valence-electron chi connectivity index (χ3n) is 9.77. The van der Waals surface area contributed by atoms with Gasteiger partial charge in [-0.3, -0.25) is 9.78 Å². The van der Waals surface area contributed by atoms with Crippen molar-refractivity contribution in [2.75, 3.05) is 0 Å². The van der Waals surface area contributed by atoms with Crippen LogP contribution < -0.4 is 5.32 Å². The van der Waals surface area contributed by atoms with Gasteiger partial charge in [-0.2, -0.15) is 5.10 Å². The van der Waals surface area contributed by atoms with Crippen molar-refractivity contribution in [2.45, 2.75) is 38.3 Å². The van der Waals surface area contributed by atoms with Crippen LogP contribution in [0.25, 0.3) is 33.2 Å². The van der Waals surface area contributed by atoms with Gasteiger partial charge in [0.05, 0.1) is 22.6 Å². The highest BCUT2D eigenvalue weighted by molar-refractivity contribution is 6.03. The number of carbonyl (C=O) groups is 1. The first-order valence-corrected chi connectivity index (χ1v) is 17.3. The smallest absolute Gasteiger partial charge is 0.287 e. The Kier molecular flexibility index (Phi) is 8.24. The lowest BCUT2D eigenvalue weighted by atomic mass is 9.77. The molecule has 0 fully saturated rings. The van der Waals surface area contributed by atoms with Gasteiger partial charge in [-0.1, -0.05) is 129 Å². The lowest BCUT2D eigenvalue weighted by Crippen LogP contribution is -2.38. The molecule has 5 aromatic carbocycles. The molecule has 250 valence electrons. The van der Waals surface area contributed by atoms with Crippen molar-refractivity contribution in [3.63, 3.8) is 0 Å². The second-order valence-corrected chi connectivity index (χ2v) is 13.3. The van der Waals surface area contributed by atoms with Gasteiger partial charge in [-0.25, -0.2) is 9.67 Å². The van der Waals surface area contributed by atoms with Crippen LogP contribution in [-0.4, -0.2) is 30.6 Å². The molecule has 7 nitrogen and oxygen atoms in total. The molecule has 0 spiro atoms. The summed E-state index contributed by atoms with van der Waals surface area (Å²) in [5.41, 5.74) is 8.68. The molecule has 0 aliphatic heterocycles. The fraction of sp³-hybridized carbons (Fsp3) is 0.136. The molecule has 0 bridgehead atoms. The Hall–Kier alpha value is -6.34. The van der Waals surface area contributed by atoms with Crippen molar-refractivity contribution in [1.82, 2.24) is 30.0 Å². The zero-order chi connectivity index (χ0) is 35.0. The predicted octanol–water partition coefficient (Wildman–Crippen LogP) is 9.43. The summed E-state index contributed by atoms with van der Waals surface area (Å²) in [5.74, 6) is 0.394. The van der Waals surface area contributed by atoms with Crippen LogP contribution in [0.1, 0.15) is 71.2 Å². The SMILES string of the molecule is CC(C)c1cccc([C@@H](C)NC(=O)c2nc3cc4c(-c5ccncc5)nn(C(c5ccccc5)(c5ccccc5)c5ccccc5)c4cc3[nH]2)c1. The van der Waals surface area contributed by atoms with Crippen molar-refractivity contribution < 1.29 is 4.79 Å². The van der Waals surface area contributed by atoms with Crippen LogP contribution in [0.4, 0.5) is 0 Å². The van der Waals surface area contributed by atoms with E-state index in [1.165, 1.54) is 5.56 Å². The van der Waals surface area contributed by atoms with Crippen LogP contribution in [-0.2, 0) is 5.54 Å². The summed E-state index contributed by atoms with van der Waals surface area (Å²) in [7, 11) is 0. The number of aromatic nitrogens is 5. The van der Waals surface area contributed by atoms with Crippen molar-refractivity contribution in [3.8, 4) is 11.3 Å². The summed E-state index contributed by atoms with van der Waals surface area (Å²) in [5, 5.41) is 9.55. The molecule has 0 unspecified atom stereocenters. The number of carbonyl (C=O) groups excluding carboxylic acids is 1. The molecule has 0 radical (unpaired) electrons. The standard InChI is InChI=1S/C44H38N6O/c1-29(2)32-14-13-15-33(26-32)30(3)46-43(51)42-47-38-27-37-40(28-39(38)48-42)50(49-41(37)31-22-24-45-25-23-31)44(34-16-7-4-8-17-34,35-18-9-5-10-19-35)36-20-11-6-12-21-36/h4-30H,1-3H3,(H,46,51)(H,47,48)/t30-/m1/s1. The van der Waals surface area contributed by atoms with E-state index < -0.39 is 5.54 Å². The molecule has 7 heteroatoms. The third kappa shape index (κ3) is 5.66. The van der Waals surface area contributed by atoms with Gasteiger partial charge in [0.2, 0.25) is 0 Å². The van der Waals surface area contributed by atoms with Gasteiger partial charge in [0.1, 0.15) is 11.2 Å². The summed E-state index contributed by atoms with van der Waals surface area (Å²) in [6, 6.07) is 47.8. The van der Waals surface area contributed by atoms with E-state index in [2.05, 4.69) is 125 Å². The van der Waals surface area contributed by atoms with E-state index in [0.717, 1.165) is 49.9 Å². The molecule has 8 aromatic rings. The highest BCUT2D eigenvalue weighted by atomic mass is 16.2. The van der Waals surface area contributed by atoms with Gasteiger partial charge >= 0.3 is 0 Å². The van der Waals surface area contributed by atoms with Crippen molar-refractivity contribution in [2.24, 2.45) is 0 Å². The van der Waals surface area contributed by atoms with Gasteiger partial charge in [0, 0.05) is 23.3 Å². The van der Waals surface area contributed by atoms with Crippen molar-refractivity contribution >= 4 is 27.8 Å². The Morgan fingerprint density at radius 1 is 0.706 bits per heavy atom. The average Bonchev–Trinajstić information content (AvgIpc) is 3.77. The quantitative estimate of drug-likeness (QED) is 0.150. The Morgan fingerprint density at radius 2 is 1.29 bits per heavy atom. The van der Waals surface area contributed by atoms with E-state index in [1.807, 2.05) is 55.5 Å². The number of nitrogens with one attached hydrogen (secondary N) is 2. The zero-order valence-corrected chi connectivity index (χ0v) is 28.8. The molecule has 8 rings (SSSR count). The molecule has 1 atom stereocenters. The van der Waals surface area contributed by atoms with Gasteiger partial charge in [0.15, 0.2) is 5.82 Å². The van der Waals surface area contributed by atoms with Gasteiger partial charge in [0.25, 0.3) is 5.91 Å². The number of hydrogen-bond donors (Lipinski definition) is 2. The molecule has 3 heterocycles. The Balaban J connectivity index is 1.34. The number of imidazole rings is 1. The second-order valence-electron chi connectivity index (χ2n) is 13.3. The Labute approximate surface area is 297 Å². The highest BCUT2D eigenvalue weighted by Crippen LogP contribution is 2.44. The molecule has 3 aromatic heterocycles. The number of nitrogens with zero attached hydrogens (tertiary/aromatic N) is 4. The normalized spacial score (nSPS) is 12.4.